The van der Waals surface area contributed by atoms with Gasteiger partial charge in [0, 0.05) is 31.0 Å². The lowest BCUT2D eigenvalue weighted by Crippen LogP contribution is -2.33. The van der Waals surface area contributed by atoms with E-state index in [1.54, 1.807) is 0 Å². The van der Waals surface area contributed by atoms with E-state index < -0.39 is 0 Å². The number of nitrogens with zero attached hydrogens (tertiary/aromatic N) is 1. The lowest BCUT2D eigenvalue weighted by atomic mass is 9.86. The van der Waals surface area contributed by atoms with Crippen molar-refractivity contribution < 1.29 is 5.11 Å². The molecule has 2 rings (SSSR count). The Morgan fingerprint density at radius 3 is 2.68 bits per heavy atom. The van der Waals surface area contributed by atoms with Crippen molar-refractivity contribution in [3.05, 3.63) is 23.0 Å². The molecule has 3 heteroatoms. The molecular weight excluding hydrogens is 236 g/mol. The molecule has 1 fully saturated rings. The summed E-state index contributed by atoms with van der Waals surface area (Å²) in [5, 5.41) is 13.5. The highest BCUT2D eigenvalue weighted by molar-refractivity contribution is 5.26. The highest BCUT2D eigenvalue weighted by atomic mass is 16.3. The summed E-state index contributed by atoms with van der Waals surface area (Å²) in [6, 6.07) is 2.28. The van der Waals surface area contributed by atoms with Crippen LogP contribution in [0.15, 0.2) is 6.07 Å². The fourth-order valence-electron chi connectivity index (χ4n) is 3.36. The lowest BCUT2D eigenvalue weighted by molar-refractivity contribution is 0.0695. The number of aliphatic hydroxyl groups is 1. The van der Waals surface area contributed by atoms with Crippen LogP contribution >= 0.6 is 0 Å². The van der Waals surface area contributed by atoms with Gasteiger partial charge < -0.3 is 15.0 Å². The minimum Gasteiger partial charge on any atom is -0.393 e. The number of aryl methyl sites for hydroxylation is 1. The molecule has 19 heavy (non-hydrogen) atoms. The predicted octanol–water partition coefficient (Wildman–Crippen LogP) is 2.77. The van der Waals surface area contributed by atoms with Gasteiger partial charge in [-0.15, -0.1) is 0 Å². The summed E-state index contributed by atoms with van der Waals surface area (Å²) in [4.78, 5) is 0. The van der Waals surface area contributed by atoms with E-state index in [-0.39, 0.29) is 6.10 Å². The second kappa shape index (κ2) is 6.58. The molecule has 1 aromatic rings. The molecule has 2 atom stereocenters. The first-order valence-electron chi connectivity index (χ1n) is 7.67. The van der Waals surface area contributed by atoms with Gasteiger partial charge in [-0.3, -0.25) is 0 Å². The van der Waals surface area contributed by atoms with Crippen molar-refractivity contribution in [2.75, 3.05) is 6.54 Å². The zero-order valence-corrected chi connectivity index (χ0v) is 12.6. The SMILES string of the molecule is CCn1c(C)cc(CNCC2CCCCC2O)c1C. The molecule has 0 amide bonds. The maximum absolute atomic E-state index is 9.96. The molecule has 1 aliphatic carbocycles. The summed E-state index contributed by atoms with van der Waals surface area (Å²) in [5.74, 6) is 0.448. The summed E-state index contributed by atoms with van der Waals surface area (Å²) in [7, 11) is 0. The Kier molecular flexibility index (Phi) is 5.06. The Bertz CT molecular complexity index is 411. The van der Waals surface area contributed by atoms with Gasteiger partial charge in [0.2, 0.25) is 0 Å². The molecule has 1 saturated carbocycles. The smallest absolute Gasteiger partial charge is 0.0580 e. The third-order valence-electron chi connectivity index (χ3n) is 4.59. The fourth-order valence-corrected chi connectivity index (χ4v) is 3.36. The Morgan fingerprint density at radius 2 is 2.05 bits per heavy atom. The molecule has 1 aliphatic rings. The summed E-state index contributed by atoms with van der Waals surface area (Å²) < 4.78 is 2.35. The molecule has 0 saturated heterocycles. The topological polar surface area (TPSA) is 37.2 Å². The largest absolute Gasteiger partial charge is 0.393 e. The van der Waals surface area contributed by atoms with Gasteiger partial charge in [-0.2, -0.15) is 0 Å². The minimum atomic E-state index is -0.0932. The van der Waals surface area contributed by atoms with Crippen molar-refractivity contribution in [1.82, 2.24) is 9.88 Å². The first-order valence-corrected chi connectivity index (χ1v) is 7.67. The van der Waals surface area contributed by atoms with E-state index in [2.05, 4.69) is 36.7 Å². The van der Waals surface area contributed by atoms with Crippen LogP contribution in [-0.4, -0.2) is 22.3 Å². The van der Waals surface area contributed by atoms with Gasteiger partial charge >= 0.3 is 0 Å². The van der Waals surface area contributed by atoms with Crippen molar-refractivity contribution >= 4 is 0 Å². The Labute approximate surface area is 117 Å². The van der Waals surface area contributed by atoms with Gasteiger partial charge in [0.1, 0.15) is 0 Å². The van der Waals surface area contributed by atoms with Gasteiger partial charge in [0.15, 0.2) is 0 Å². The van der Waals surface area contributed by atoms with Crippen LogP contribution in [0.2, 0.25) is 0 Å². The van der Waals surface area contributed by atoms with E-state index >= 15 is 0 Å². The molecule has 108 valence electrons. The number of hydrogen-bond acceptors (Lipinski definition) is 2. The maximum Gasteiger partial charge on any atom is 0.0580 e. The van der Waals surface area contributed by atoms with Crippen LogP contribution in [0.25, 0.3) is 0 Å². The first-order chi connectivity index (χ1) is 9.13. The highest BCUT2D eigenvalue weighted by Gasteiger charge is 2.22. The van der Waals surface area contributed by atoms with Crippen LogP contribution in [0, 0.1) is 19.8 Å². The molecule has 2 N–H and O–H groups in total. The molecule has 1 heterocycles. The van der Waals surface area contributed by atoms with E-state index in [4.69, 9.17) is 0 Å². The van der Waals surface area contributed by atoms with Crippen LogP contribution in [0.1, 0.15) is 49.6 Å². The molecule has 0 aromatic carbocycles. The first kappa shape index (κ1) is 14.6. The average molecular weight is 264 g/mol. The average Bonchev–Trinajstić information content (AvgIpc) is 2.66. The number of hydrogen-bond donors (Lipinski definition) is 2. The number of nitrogens with one attached hydrogen (secondary N) is 1. The van der Waals surface area contributed by atoms with Crippen LogP contribution < -0.4 is 5.32 Å². The molecule has 0 radical (unpaired) electrons. The number of aliphatic hydroxyl groups excluding tert-OH is 1. The van der Waals surface area contributed by atoms with Crippen LogP contribution in [0.5, 0.6) is 0 Å². The molecule has 1 aromatic heterocycles. The Balaban J connectivity index is 1.85. The molecular formula is C16H28N2O. The summed E-state index contributed by atoms with van der Waals surface area (Å²) in [6.45, 7) is 9.46. The second-order valence-corrected chi connectivity index (χ2v) is 5.88. The van der Waals surface area contributed by atoms with Gasteiger partial charge in [0.05, 0.1) is 6.10 Å². The van der Waals surface area contributed by atoms with Gasteiger partial charge in [-0.25, -0.2) is 0 Å². The summed E-state index contributed by atoms with van der Waals surface area (Å²) >= 11 is 0. The van der Waals surface area contributed by atoms with Crippen molar-refractivity contribution in [2.24, 2.45) is 5.92 Å². The van der Waals surface area contributed by atoms with Crippen molar-refractivity contribution in [1.29, 1.82) is 0 Å². The molecule has 0 spiro atoms. The fraction of sp³-hybridized carbons (Fsp3) is 0.750. The zero-order valence-electron chi connectivity index (χ0n) is 12.6. The standard InChI is InChI=1S/C16H28N2O/c1-4-18-12(2)9-15(13(18)3)11-17-10-14-7-5-6-8-16(14)19/h9,14,16-17,19H,4-8,10-11H2,1-3H3. The van der Waals surface area contributed by atoms with Gasteiger partial charge in [-0.05, 0) is 51.2 Å². The number of aromatic nitrogens is 1. The maximum atomic E-state index is 9.96. The minimum absolute atomic E-state index is 0.0932. The van der Waals surface area contributed by atoms with Gasteiger partial charge in [-0.1, -0.05) is 12.8 Å². The second-order valence-electron chi connectivity index (χ2n) is 5.88. The third kappa shape index (κ3) is 3.40. The van der Waals surface area contributed by atoms with E-state index in [0.717, 1.165) is 26.1 Å². The highest BCUT2D eigenvalue weighted by Crippen LogP contribution is 2.23. The van der Waals surface area contributed by atoms with E-state index in [1.165, 1.54) is 36.2 Å². The van der Waals surface area contributed by atoms with E-state index in [0.29, 0.717) is 5.92 Å². The normalized spacial score (nSPS) is 23.8. The van der Waals surface area contributed by atoms with E-state index in [1.807, 2.05) is 0 Å². The van der Waals surface area contributed by atoms with Crippen LogP contribution in [-0.2, 0) is 13.1 Å². The Morgan fingerprint density at radius 1 is 1.32 bits per heavy atom. The molecule has 3 nitrogen and oxygen atoms in total. The van der Waals surface area contributed by atoms with Crippen molar-refractivity contribution in [2.45, 2.75) is 65.6 Å². The monoisotopic (exact) mass is 264 g/mol. The van der Waals surface area contributed by atoms with Crippen LogP contribution in [0.3, 0.4) is 0 Å². The van der Waals surface area contributed by atoms with Crippen LogP contribution in [0.4, 0.5) is 0 Å². The molecule has 0 bridgehead atoms. The number of rotatable bonds is 5. The predicted molar refractivity (Wildman–Crippen MR) is 79.3 cm³/mol. The van der Waals surface area contributed by atoms with Gasteiger partial charge in [0.25, 0.3) is 0 Å². The van der Waals surface area contributed by atoms with Crippen molar-refractivity contribution in [3.63, 3.8) is 0 Å². The van der Waals surface area contributed by atoms with Crippen molar-refractivity contribution in [3.8, 4) is 0 Å². The van der Waals surface area contributed by atoms with E-state index in [9.17, 15) is 5.11 Å². The molecule has 2 unspecified atom stereocenters. The summed E-state index contributed by atoms with van der Waals surface area (Å²) in [5.41, 5.74) is 4.11. The lowest BCUT2D eigenvalue weighted by Gasteiger charge is -2.27. The quantitative estimate of drug-likeness (QED) is 0.858. The summed E-state index contributed by atoms with van der Waals surface area (Å²) in [6.07, 6.45) is 4.52. The Hall–Kier alpha value is -0.800. The zero-order chi connectivity index (χ0) is 13.8. The third-order valence-corrected chi connectivity index (χ3v) is 4.59. The molecule has 0 aliphatic heterocycles.